The van der Waals surface area contributed by atoms with E-state index in [0.29, 0.717) is 44.2 Å². The molecule has 0 unspecified atom stereocenters. The molecule has 8 nitrogen and oxygen atoms in total. The van der Waals surface area contributed by atoms with E-state index in [0.717, 1.165) is 28.4 Å². The van der Waals surface area contributed by atoms with E-state index < -0.39 is 10.0 Å². The molecule has 2 aromatic rings. The van der Waals surface area contributed by atoms with Gasteiger partial charge in [0.15, 0.2) is 0 Å². The van der Waals surface area contributed by atoms with Crippen LogP contribution in [0.2, 0.25) is 0 Å². The molecule has 0 aromatic heterocycles. The second-order valence-electron chi connectivity index (χ2n) is 7.68. The van der Waals surface area contributed by atoms with Crippen LogP contribution in [-0.2, 0) is 14.8 Å². The van der Waals surface area contributed by atoms with Crippen molar-refractivity contribution in [3.05, 3.63) is 48.5 Å². The Morgan fingerprint density at radius 1 is 0.969 bits per heavy atom. The van der Waals surface area contributed by atoms with Crippen molar-refractivity contribution in [2.45, 2.75) is 13.3 Å². The fraction of sp³-hybridized carbons (Fsp3) is 0.435. The van der Waals surface area contributed by atoms with Crippen molar-refractivity contribution in [2.75, 3.05) is 61.9 Å². The minimum Gasteiger partial charge on any atom is -0.497 e. The quantitative estimate of drug-likeness (QED) is 0.571. The van der Waals surface area contributed by atoms with Crippen LogP contribution < -0.4 is 18.7 Å². The topological polar surface area (TPSA) is 79.4 Å². The number of sulfonamides is 1. The van der Waals surface area contributed by atoms with Gasteiger partial charge in [-0.15, -0.1) is 0 Å². The van der Waals surface area contributed by atoms with Crippen LogP contribution in [0.25, 0.3) is 0 Å². The zero-order valence-corrected chi connectivity index (χ0v) is 19.7. The van der Waals surface area contributed by atoms with Gasteiger partial charge in [-0.25, -0.2) is 8.42 Å². The summed E-state index contributed by atoms with van der Waals surface area (Å²) in [5.41, 5.74) is 1.52. The SMILES string of the molecule is CCCOc1ccc(N(CC(=O)N2CCN(c3ccc(OC)cc3)CC2)S(C)(=O)=O)cc1. The lowest BCUT2D eigenvalue weighted by atomic mass is 10.2. The third-order valence-electron chi connectivity index (χ3n) is 5.35. The molecule has 0 spiro atoms. The van der Waals surface area contributed by atoms with Crippen LogP contribution in [0.1, 0.15) is 13.3 Å². The van der Waals surface area contributed by atoms with Crippen LogP contribution >= 0.6 is 0 Å². The Morgan fingerprint density at radius 2 is 1.56 bits per heavy atom. The largest absolute Gasteiger partial charge is 0.497 e. The van der Waals surface area contributed by atoms with Gasteiger partial charge in [0.25, 0.3) is 0 Å². The number of anilines is 2. The van der Waals surface area contributed by atoms with Gasteiger partial charge >= 0.3 is 0 Å². The van der Waals surface area contributed by atoms with Crippen molar-refractivity contribution in [3.8, 4) is 11.5 Å². The molecular weight excluding hydrogens is 430 g/mol. The van der Waals surface area contributed by atoms with Crippen molar-refractivity contribution in [1.29, 1.82) is 0 Å². The van der Waals surface area contributed by atoms with Crippen molar-refractivity contribution < 1.29 is 22.7 Å². The fourth-order valence-electron chi connectivity index (χ4n) is 3.56. The van der Waals surface area contributed by atoms with Gasteiger partial charge in [-0.1, -0.05) is 6.92 Å². The van der Waals surface area contributed by atoms with Gasteiger partial charge in [-0.05, 0) is 55.0 Å². The summed E-state index contributed by atoms with van der Waals surface area (Å²) in [5, 5.41) is 0. The minimum absolute atomic E-state index is 0.212. The number of ether oxygens (including phenoxy) is 2. The highest BCUT2D eigenvalue weighted by Crippen LogP contribution is 2.23. The van der Waals surface area contributed by atoms with Gasteiger partial charge in [0.05, 0.1) is 25.7 Å². The van der Waals surface area contributed by atoms with Gasteiger partial charge in [0, 0.05) is 31.9 Å². The van der Waals surface area contributed by atoms with E-state index >= 15 is 0 Å². The molecule has 1 amide bonds. The molecule has 0 radical (unpaired) electrons. The van der Waals surface area contributed by atoms with E-state index in [-0.39, 0.29) is 12.5 Å². The summed E-state index contributed by atoms with van der Waals surface area (Å²) in [5.74, 6) is 1.26. The normalized spacial score (nSPS) is 14.2. The van der Waals surface area contributed by atoms with Crippen LogP contribution in [0.15, 0.2) is 48.5 Å². The van der Waals surface area contributed by atoms with Crippen LogP contribution in [0.4, 0.5) is 11.4 Å². The highest BCUT2D eigenvalue weighted by Gasteiger charge is 2.26. The molecule has 174 valence electrons. The van der Waals surface area contributed by atoms with Gasteiger partial charge in [0.2, 0.25) is 15.9 Å². The maximum absolute atomic E-state index is 12.9. The van der Waals surface area contributed by atoms with Gasteiger partial charge < -0.3 is 19.3 Å². The summed E-state index contributed by atoms with van der Waals surface area (Å²) in [6.07, 6.45) is 2.00. The number of nitrogens with zero attached hydrogens (tertiary/aromatic N) is 3. The van der Waals surface area contributed by atoms with Crippen LogP contribution in [0.5, 0.6) is 11.5 Å². The molecule has 0 bridgehead atoms. The van der Waals surface area contributed by atoms with Crippen molar-refractivity contribution in [3.63, 3.8) is 0 Å². The summed E-state index contributed by atoms with van der Waals surface area (Å²) in [6.45, 7) is 4.81. The zero-order valence-electron chi connectivity index (χ0n) is 18.9. The molecule has 1 saturated heterocycles. The molecule has 1 aliphatic rings. The minimum atomic E-state index is -3.62. The molecule has 1 aliphatic heterocycles. The Labute approximate surface area is 190 Å². The summed E-state index contributed by atoms with van der Waals surface area (Å²) in [7, 11) is -1.99. The maximum Gasteiger partial charge on any atom is 0.243 e. The second kappa shape index (κ2) is 10.6. The highest BCUT2D eigenvalue weighted by atomic mass is 32.2. The number of hydrogen-bond acceptors (Lipinski definition) is 6. The van der Waals surface area contributed by atoms with Crippen molar-refractivity contribution >= 4 is 27.3 Å². The predicted molar refractivity (Wildman–Crippen MR) is 126 cm³/mol. The van der Waals surface area contributed by atoms with Gasteiger partial charge in [-0.2, -0.15) is 0 Å². The number of benzene rings is 2. The predicted octanol–water partition coefficient (Wildman–Crippen LogP) is 2.60. The van der Waals surface area contributed by atoms with E-state index in [9.17, 15) is 13.2 Å². The Morgan fingerprint density at radius 3 is 2.09 bits per heavy atom. The molecule has 9 heteroatoms. The fourth-order valence-corrected chi connectivity index (χ4v) is 4.41. The standard InChI is InChI=1S/C23H31N3O5S/c1-4-17-31-22-11-7-20(8-12-22)26(32(3,28)29)18-23(27)25-15-13-24(14-16-25)19-5-9-21(30-2)10-6-19/h5-12H,4,13-18H2,1-3H3. The number of carbonyl (C=O) groups is 1. The van der Waals surface area contributed by atoms with Crippen molar-refractivity contribution in [1.82, 2.24) is 4.90 Å². The third kappa shape index (κ3) is 6.06. The Balaban J connectivity index is 1.62. The first kappa shape index (κ1) is 23.7. The van der Waals surface area contributed by atoms with Crippen LogP contribution in [0.3, 0.4) is 0 Å². The molecule has 0 atom stereocenters. The molecule has 2 aromatic carbocycles. The molecule has 0 saturated carbocycles. The molecular formula is C23H31N3O5S. The summed E-state index contributed by atoms with van der Waals surface area (Å²) in [6, 6.07) is 14.6. The first-order valence-electron chi connectivity index (χ1n) is 10.7. The number of rotatable bonds is 9. The number of hydrogen-bond donors (Lipinski definition) is 0. The Hall–Kier alpha value is -2.94. The maximum atomic E-state index is 12.9. The highest BCUT2D eigenvalue weighted by molar-refractivity contribution is 7.92. The van der Waals surface area contributed by atoms with Gasteiger partial charge in [0.1, 0.15) is 18.0 Å². The number of amides is 1. The lowest BCUT2D eigenvalue weighted by molar-refractivity contribution is -0.129. The lowest BCUT2D eigenvalue weighted by Crippen LogP contribution is -2.52. The van der Waals surface area contributed by atoms with Gasteiger partial charge in [-0.3, -0.25) is 9.10 Å². The molecule has 32 heavy (non-hydrogen) atoms. The zero-order chi connectivity index (χ0) is 23.1. The van der Waals surface area contributed by atoms with E-state index in [4.69, 9.17) is 9.47 Å². The van der Waals surface area contributed by atoms with Crippen LogP contribution in [-0.4, -0.2) is 71.9 Å². The average Bonchev–Trinajstić information content (AvgIpc) is 2.81. The number of carbonyl (C=O) groups excluding carboxylic acids is 1. The Bertz CT molecular complexity index is 985. The first-order valence-corrected chi connectivity index (χ1v) is 12.5. The second-order valence-corrected chi connectivity index (χ2v) is 9.58. The molecule has 1 fully saturated rings. The molecule has 0 aliphatic carbocycles. The average molecular weight is 462 g/mol. The first-order chi connectivity index (χ1) is 15.3. The number of methoxy groups -OCH3 is 1. The summed E-state index contributed by atoms with van der Waals surface area (Å²) >= 11 is 0. The van der Waals surface area contributed by atoms with Crippen LogP contribution in [0, 0.1) is 0 Å². The monoisotopic (exact) mass is 461 g/mol. The van der Waals surface area contributed by atoms with Crippen molar-refractivity contribution in [2.24, 2.45) is 0 Å². The van der Waals surface area contributed by atoms with E-state index in [1.807, 2.05) is 31.2 Å². The molecule has 0 N–H and O–H groups in total. The third-order valence-corrected chi connectivity index (χ3v) is 6.49. The van der Waals surface area contributed by atoms with E-state index in [1.54, 1.807) is 36.3 Å². The van der Waals surface area contributed by atoms with E-state index in [2.05, 4.69) is 4.90 Å². The number of piperazine rings is 1. The smallest absolute Gasteiger partial charge is 0.243 e. The Kier molecular flexibility index (Phi) is 7.84. The molecule has 1 heterocycles. The summed E-state index contributed by atoms with van der Waals surface area (Å²) in [4.78, 5) is 16.8. The molecule has 3 rings (SSSR count). The summed E-state index contributed by atoms with van der Waals surface area (Å²) < 4.78 is 36.7. The van der Waals surface area contributed by atoms with E-state index in [1.165, 1.54) is 0 Å². The lowest BCUT2D eigenvalue weighted by Gasteiger charge is -2.37.